The Labute approximate surface area is 153 Å². The molecule has 0 fully saturated rings. The van der Waals surface area contributed by atoms with Gasteiger partial charge in [-0.2, -0.15) is 0 Å². The van der Waals surface area contributed by atoms with Crippen molar-refractivity contribution in [3.8, 4) is 0 Å². The number of rotatable bonds is 6. The van der Waals surface area contributed by atoms with Crippen LogP contribution in [0.3, 0.4) is 0 Å². The van der Waals surface area contributed by atoms with Crippen molar-refractivity contribution < 1.29 is 19.2 Å². The number of hydrogen-bond donors (Lipinski definition) is 1. The maximum absolute atomic E-state index is 12.4. The molecule has 0 aliphatic carbocycles. The molecule has 2 rings (SSSR count). The topological polar surface area (TPSA) is 129 Å². The molecule has 0 aliphatic heterocycles. The summed E-state index contributed by atoms with van der Waals surface area (Å²) in [5.74, 6) is -1.26. The Kier molecular flexibility index (Phi) is 5.60. The molecule has 10 nitrogen and oxygen atoms in total. The van der Waals surface area contributed by atoms with Gasteiger partial charge in [-0.15, -0.1) is 10.2 Å². The third kappa shape index (κ3) is 4.17. The predicted octanol–water partition coefficient (Wildman–Crippen LogP) is 1.56. The van der Waals surface area contributed by atoms with Crippen molar-refractivity contribution in [3.05, 3.63) is 40.2 Å². The second kappa shape index (κ2) is 7.52. The molecular weight excluding hydrogens is 362 g/mol. The normalized spacial score (nSPS) is 11.1. The van der Waals surface area contributed by atoms with Gasteiger partial charge in [0.15, 0.2) is 5.16 Å². The third-order valence-corrected chi connectivity index (χ3v) is 4.53. The molecule has 0 unspecified atom stereocenters. The molecular formula is C15H17N5O5S. The second-order valence-electron chi connectivity index (χ2n) is 5.84. The first-order valence-electron chi connectivity index (χ1n) is 7.37. The van der Waals surface area contributed by atoms with E-state index >= 15 is 0 Å². The Balaban J connectivity index is 2.30. The number of ether oxygens (including phenoxy) is 1. The van der Waals surface area contributed by atoms with Crippen LogP contribution in [0.15, 0.2) is 34.6 Å². The zero-order valence-corrected chi connectivity index (χ0v) is 15.4. The first-order chi connectivity index (χ1) is 12.2. The van der Waals surface area contributed by atoms with Gasteiger partial charge in [0, 0.05) is 18.7 Å². The predicted molar refractivity (Wildman–Crippen MR) is 91.8 cm³/mol. The van der Waals surface area contributed by atoms with E-state index in [0.29, 0.717) is 10.1 Å². The van der Waals surface area contributed by atoms with Crippen LogP contribution in [0.2, 0.25) is 0 Å². The number of aromatic nitrogens is 3. The van der Waals surface area contributed by atoms with E-state index in [2.05, 4.69) is 20.3 Å². The maximum Gasteiger partial charge on any atom is 0.330 e. The average molecular weight is 379 g/mol. The van der Waals surface area contributed by atoms with Crippen LogP contribution >= 0.6 is 11.8 Å². The highest BCUT2D eigenvalue weighted by molar-refractivity contribution is 7.99. The van der Waals surface area contributed by atoms with Gasteiger partial charge in [-0.1, -0.05) is 0 Å². The quantitative estimate of drug-likeness (QED) is 0.455. The highest BCUT2D eigenvalue weighted by atomic mass is 32.2. The van der Waals surface area contributed by atoms with Crippen LogP contribution in [-0.4, -0.2) is 44.2 Å². The van der Waals surface area contributed by atoms with Gasteiger partial charge in [0.1, 0.15) is 11.9 Å². The summed E-state index contributed by atoms with van der Waals surface area (Å²) in [6.45, 7) is 2.95. The van der Waals surface area contributed by atoms with E-state index in [1.165, 1.54) is 39.4 Å². The summed E-state index contributed by atoms with van der Waals surface area (Å²) in [7, 11) is 2.92. The van der Waals surface area contributed by atoms with Crippen LogP contribution in [0, 0.1) is 10.1 Å². The molecule has 1 heterocycles. The van der Waals surface area contributed by atoms with Crippen LogP contribution in [0.25, 0.3) is 0 Å². The summed E-state index contributed by atoms with van der Waals surface area (Å²) >= 11 is 1.06. The number of amides is 1. The Morgan fingerprint density at radius 2 is 2.08 bits per heavy atom. The van der Waals surface area contributed by atoms with Crippen LogP contribution in [0.4, 0.5) is 5.69 Å². The molecule has 2 aromatic rings. The SMILES string of the molecule is COC(=O)C(C)(C)NC(=O)c1ccc(Sc2nncn2C)c([N+](=O)[O-])c1. The van der Waals surface area contributed by atoms with Gasteiger partial charge in [-0.3, -0.25) is 14.9 Å². The molecule has 0 atom stereocenters. The molecule has 11 heteroatoms. The van der Waals surface area contributed by atoms with Gasteiger partial charge in [-0.25, -0.2) is 4.79 Å². The Hall–Kier alpha value is -2.95. The third-order valence-electron chi connectivity index (χ3n) is 3.41. The number of esters is 1. The van der Waals surface area contributed by atoms with Crippen LogP contribution in [-0.2, 0) is 16.6 Å². The van der Waals surface area contributed by atoms with Crippen molar-refractivity contribution in [2.75, 3.05) is 7.11 Å². The lowest BCUT2D eigenvalue weighted by molar-refractivity contribution is -0.387. The van der Waals surface area contributed by atoms with E-state index in [4.69, 9.17) is 0 Å². The highest BCUT2D eigenvalue weighted by Crippen LogP contribution is 2.34. The Morgan fingerprint density at radius 1 is 1.38 bits per heavy atom. The van der Waals surface area contributed by atoms with E-state index in [9.17, 15) is 19.7 Å². The summed E-state index contributed by atoms with van der Waals surface area (Å²) in [4.78, 5) is 35.2. The molecule has 1 aromatic carbocycles. The molecule has 0 radical (unpaired) electrons. The summed E-state index contributed by atoms with van der Waals surface area (Å²) in [5, 5.41) is 21.9. The smallest absolute Gasteiger partial charge is 0.330 e. The molecule has 0 aliphatic rings. The average Bonchev–Trinajstić information content (AvgIpc) is 2.98. The first-order valence-corrected chi connectivity index (χ1v) is 8.18. The minimum atomic E-state index is -1.27. The lowest BCUT2D eigenvalue weighted by Crippen LogP contribution is -2.50. The van der Waals surface area contributed by atoms with Crippen molar-refractivity contribution in [2.45, 2.75) is 29.4 Å². The molecule has 1 N–H and O–H groups in total. The minimum Gasteiger partial charge on any atom is -0.467 e. The van der Waals surface area contributed by atoms with Gasteiger partial charge in [-0.05, 0) is 37.7 Å². The van der Waals surface area contributed by atoms with Crippen LogP contribution in [0.5, 0.6) is 0 Å². The molecule has 1 aromatic heterocycles. The monoisotopic (exact) mass is 379 g/mol. The number of nitro benzene ring substituents is 1. The summed E-state index contributed by atoms with van der Waals surface area (Å²) in [6.07, 6.45) is 1.48. The number of nitrogens with one attached hydrogen (secondary N) is 1. The van der Waals surface area contributed by atoms with Gasteiger partial charge >= 0.3 is 5.97 Å². The Bertz CT molecular complexity index is 864. The number of methoxy groups -OCH3 is 1. The standard InChI is InChI=1S/C15H17N5O5S/c1-15(2,13(22)25-4)17-12(21)9-5-6-11(10(7-9)20(23)24)26-14-18-16-8-19(14)3/h5-8H,1-4H3,(H,17,21). The molecule has 138 valence electrons. The van der Waals surface area contributed by atoms with E-state index in [0.717, 1.165) is 17.8 Å². The fourth-order valence-corrected chi connectivity index (χ4v) is 2.86. The fourth-order valence-electron chi connectivity index (χ4n) is 2.01. The fraction of sp³-hybridized carbons (Fsp3) is 0.333. The largest absolute Gasteiger partial charge is 0.467 e. The number of carbonyl (C=O) groups excluding carboxylic acids is 2. The number of hydrogen-bond acceptors (Lipinski definition) is 8. The number of carbonyl (C=O) groups is 2. The summed E-state index contributed by atoms with van der Waals surface area (Å²) < 4.78 is 6.24. The van der Waals surface area contributed by atoms with Crippen LogP contribution in [0.1, 0.15) is 24.2 Å². The van der Waals surface area contributed by atoms with Crippen molar-refractivity contribution in [1.29, 1.82) is 0 Å². The van der Waals surface area contributed by atoms with Gasteiger partial charge in [0.25, 0.3) is 11.6 Å². The van der Waals surface area contributed by atoms with Crippen molar-refractivity contribution in [1.82, 2.24) is 20.1 Å². The first kappa shape index (κ1) is 19.4. The molecule has 0 saturated heterocycles. The van der Waals surface area contributed by atoms with Crippen molar-refractivity contribution >= 4 is 29.3 Å². The van der Waals surface area contributed by atoms with E-state index in [1.807, 2.05) is 0 Å². The van der Waals surface area contributed by atoms with E-state index in [-0.39, 0.29) is 11.3 Å². The maximum atomic E-state index is 12.4. The van der Waals surface area contributed by atoms with Gasteiger partial charge in [0.2, 0.25) is 0 Å². The number of benzene rings is 1. The Morgan fingerprint density at radius 3 is 2.62 bits per heavy atom. The second-order valence-corrected chi connectivity index (χ2v) is 6.85. The zero-order chi connectivity index (χ0) is 19.5. The highest BCUT2D eigenvalue weighted by Gasteiger charge is 2.31. The molecule has 0 bridgehead atoms. The number of nitrogens with zero attached hydrogens (tertiary/aromatic N) is 4. The minimum absolute atomic E-state index is 0.0518. The van der Waals surface area contributed by atoms with Crippen molar-refractivity contribution in [2.24, 2.45) is 7.05 Å². The number of nitro groups is 1. The lowest BCUT2D eigenvalue weighted by Gasteiger charge is -2.23. The number of aryl methyl sites for hydroxylation is 1. The molecule has 0 saturated carbocycles. The zero-order valence-electron chi connectivity index (χ0n) is 14.5. The van der Waals surface area contributed by atoms with Crippen molar-refractivity contribution in [3.63, 3.8) is 0 Å². The molecule has 0 spiro atoms. The summed E-state index contributed by atoms with van der Waals surface area (Å²) in [6, 6.07) is 4.05. The van der Waals surface area contributed by atoms with Gasteiger partial charge in [0.05, 0.1) is 16.9 Å². The lowest BCUT2D eigenvalue weighted by atomic mass is 10.0. The molecule has 1 amide bonds. The van der Waals surface area contributed by atoms with E-state index in [1.54, 1.807) is 11.6 Å². The van der Waals surface area contributed by atoms with E-state index < -0.39 is 22.3 Å². The van der Waals surface area contributed by atoms with Gasteiger partial charge < -0.3 is 14.6 Å². The molecule has 26 heavy (non-hydrogen) atoms. The summed E-state index contributed by atoms with van der Waals surface area (Å²) in [5.41, 5.74) is -1.47. The van der Waals surface area contributed by atoms with Crippen LogP contribution < -0.4 is 5.32 Å².